The third kappa shape index (κ3) is 2.73. The number of imidazole rings is 1. The van der Waals surface area contributed by atoms with Crippen molar-refractivity contribution in [1.29, 1.82) is 0 Å². The lowest BCUT2D eigenvalue weighted by molar-refractivity contribution is 0.146. The molecule has 0 aromatic carbocycles. The van der Waals surface area contributed by atoms with Crippen LogP contribution in [0.1, 0.15) is 19.0 Å². The smallest absolute Gasteiger partial charge is 0.193 e. The Kier molecular flexibility index (Phi) is 3.76. The van der Waals surface area contributed by atoms with Gasteiger partial charge in [0.2, 0.25) is 0 Å². The van der Waals surface area contributed by atoms with E-state index in [4.69, 9.17) is 16.4 Å². The summed E-state index contributed by atoms with van der Waals surface area (Å²) < 4.78 is 1.78. The minimum Gasteiger partial charge on any atom is -0.395 e. The van der Waals surface area contributed by atoms with E-state index in [0.29, 0.717) is 11.8 Å². The highest BCUT2D eigenvalue weighted by Gasteiger charge is 2.04. The Labute approximate surface area is 82.2 Å². The molecule has 0 radical (unpaired) electrons. The monoisotopic (exact) mass is 201 g/mol. The van der Waals surface area contributed by atoms with Crippen molar-refractivity contribution in [3.05, 3.63) is 18.2 Å². The van der Waals surface area contributed by atoms with Gasteiger partial charge in [0.25, 0.3) is 0 Å². The zero-order chi connectivity index (χ0) is 9.68. The normalized spacial score (nSPS) is 11.8. The fourth-order valence-electron chi connectivity index (χ4n) is 0.796. The van der Waals surface area contributed by atoms with Crippen LogP contribution in [0.5, 0.6) is 0 Å². The van der Waals surface area contributed by atoms with E-state index in [9.17, 15) is 0 Å². The van der Waals surface area contributed by atoms with Crippen molar-refractivity contribution in [2.45, 2.75) is 13.3 Å². The van der Waals surface area contributed by atoms with E-state index in [2.05, 4.69) is 10.1 Å². The van der Waals surface area contributed by atoms with Crippen LogP contribution in [-0.2, 0) is 11.9 Å². The van der Waals surface area contributed by atoms with Gasteiger partial charge in [0.05, 0.1) is 12.5 Å². The first-order chi connectivity index (χ1) is 6.25. The molecule has 5 heteroatoms. The first-order valence-corrected chi connectivity index (χ1v) is 4.45. The van der Waals surface area contributed by atoms with Crippen LogP contribution < -0.4 is 0 Å². The van der Waals surface area contributed by atoms with E-state index < -0.39 is 0 Å². The number of oxime groups is 1. The fraction of sp³-hybridized carbons (Fsp3) is 0.500. The second kappa shape index (κ2) is 4.87. The predicted octanol–water partition coefficient (Wildman–Crippen LogP) is 1.75. The van der Waals surface area contributed by atoms with Gasteiger partial charge in [-0.15, -0.1) is 0 Å². The van der Waals surface area contributed by atoms with E-state index in [1.54, 1.807) is 17.1 Å². The highest BCUT2D eigenvalue weighted by atomic mass is 35.5. The Hall–Kier alpha value is -1.03. The number of rotatable bonds is 4. The van der Waals surface area contributed by atoms with Gasteiger partial charge in [-0.1, -0.05) is 23.7 Å². The molecule has 1 heterocycles. The topological polar surface area (TPSA) is 39.4 Å². The van der Waals surface area contributed by atoms with E-state index in [-0.39, 0.29) is 0 Å². The summed E-state index contributed by atoms with van der Waals surface area (Å²) in [5.74, 6) is 0. The second-order valence-corrected chi connectivity index (χ2v) is 2.96. The average molecular weight is 202 g/mol. The first-order valence-electron chi connectivity index (χ1n) is 4.08. The molecule has 13 heavy (non-hydrogen) atoms. The summed E-state index contributed by atoms with van der Waals surface area (Å²) >= 11 is 5.85. The maximum atomic E-state index is 5.85. The average Bonchev–Trinajstić information content (AvgIpc) is 2.52. The largest absolute Gasteiger partial charge is 0.395 e. The molecule has 0 aliphatic rings. The van der Waals surface area contributed by atoms with Gasteiger partial charge in [-0.05, 0) is 6.42 Å². The van der Waals surface area contributed by atoms with Crippen LogP contribution in [-0.4, -0.2) is 21.3 Å². The highest BCUT2D eigenvalue weighted by Crippen LogP contribution is 2.03. The van der Waals surface area contributed by atoms with E-state index in [1.165, 1.54) is 0 Å². The molecule has 0 N–H and O–H groups in total. The first kappa shape index (κ1) is 10.1. The standard InChI is InChI=1S/C8H12ClN3O/c1-3-4-13-11-8(9)7-5-10-6-12(7)2/h5-6H,3-4H2,1-2H3/b11-8+. The molecule has 0 unspecified atom stereocenters. The van der Waals surface area contributed by atoms with Crippen molar-refractivity contribution in [2.24, 2.45) is 12.2 Å². The highest BCUT2D eigenvalue weighted by molar-refractivity contribution is 6.69. The van der Waals surface area contributed by atoms with Crippen molar-refractivity contribution >= 4 is 16.8 Å². The summed E-state index contributed by atoms with van der Waals surface area (Å²) in [4.78, 5) is 8.85. The summed E-state index contributed by atoms with van der Waals surface area (Å²) in [5, 5.41) is 4.07. The molecule has 1 aromatic heterocycles. The minimum atomic E-state index is 0.327. The number of aryl methyl sites for hydroxylation is 1. The maximum absolute atomic E-state index is 5.85. The number of hydrogen-bond acceptors (Lipinski definition) is 3. The summed E-state index contributed by atoms with van der Waals surface area (Å²) in [6.07, 6.45) is 4.22. The molecular formula is C8H12ClN3O. The summed E-state index contributed by atoms with van der Waals surface area (Å²) in [7, 11) is 1.85. The molecule has 72 valence electrons. The zero-order valence-electron chi connectivity index (χ0n) is 7.70. The zero-order valence-corrected chi connectivity index (χ0v) is 8.45. The third-order valence-corrected chi connectivity index (χ3v) is 1.73. The van der Waals surface area contributed by atoms with Gasteiger partial charge in [-0.25, -0.2) is 4.98 Å². The molecule has 1 rings (SSSR count). The third-order valence-electron chi connectivity index (χ3n) is 1.47. The summed E-state index contributed by atoms with van der Waals surface area (Å²) in [6.45, 7) is 2.58. The molecular weight excluding hydrogens is 190 g/mol. The molecule has 0 aliphatic heterocycles. The van der Waals surface area contributed by atoms with E-state index in [1.807, 2.05) is 14.0 Å². The quantitative estimate of drug-likeness (QED) is 0.423. The lowest BCUT2D eigenvalue weighted by Crippen LogP contribution is -2.00. The van der Waals surface area contributed by atoms with Crippen molar-refractivity contribution in [3.63, 3.8) is 0 Å². The molecule has 0 saturated heterocycles. The van der Waals surface area contributed by atoms with Crippen LogP contribution in [0, 0.1) is 0 Å². The second-order valence-electron chi connectivity index (χ2n) is 2.61. The van der Waals surface area contributed by atoms with Crippen LogP contribution in [0.3, 0.4) is 0 Å². The van der Waals surface area contributed by atoms with Gasteiger partial charge in [0.15, 0.2) is 5.17 Å². The number of hydrogen-bond donors (Lipinski definition) is 0. The lowest BCUT2D eigenvalue weighted by atomic mass is 10.5. The van der Waals surface area contributed by atoms with Crippen LogP contribution in [0.15, 0.2) is 17.7 Å². The SMILES string of the molecule is CCCO/N=C(/Cl)c1cncn1C. The van der Waals surface area contributed by atoms with Crippen molar-refractivity contribution < 1.29 is 4.84 Å². The van der Waals surface area contributed by atoms with Crippen LogP contribution in [0.4, 0.5) is 0 Å². The molecule has 1 aromatic rings. The Morgan fingerprint density at radius 3 is 3.08 bits per heavy atom. The summed E-state index contributed by atoms with van der Waals surface area (Å²) in [5.41, 5.74) is 0.748. The Balaban J connectivity index is 2.62. The minimum absolute atomic E-state index is 0.327. The molecule has 0 fully saturated rings. The van der Waals surface area contributed by atoms with Crippen molar-refractivity contribution in [1.82, 2.24) is 9.55 Å². The van der Waals surface area contributed by atoms with Gasteiger partial charge >= 0.3 is 0 Å². The summed E-state index contributed by atoms with van der Waals surface area (Å²) in [6, 6.07) is 0. The van der Waals surface area contributed by atoms with Crippen LogP contribution in [0.25, 0.3) is 0 Å². The van der Waals surface area contributed by atoms with Crippen molar-refractivity contribution in [2.75, 3.05) is 6.61 Å². The van der Waals surface area contributed by atoms with Gasteiger partial charge in [0.1, 0.15) is 12.3 Å². The molecule has 0 aliphatic carbocycles. The van der Waals surface area contributed by atoms with E-state index in [0.717, 1.165) is 12.1 Å². The fourth-order valence-corrected chi connectivity index (χ4v) is 1.03. The maximum Gasteiger partial charge on any atom is 0.193 e. The van der Waals surface area contributed by atoms with Gasteiger partial charge in [0, 0.05) is 7.05 Å². The molecule has 4 nitrogen and oxygen atoms in total. The van der Waals surface area contributed by atoms with Gasteiger partial charge in [-0.3, -0.25) is 0 Å². The number of aromatic nitrogens is 2. The Bertz CT molecular complexity index is 295. The number of nitrogens with zero attached hydrogens (tertiary/aromatic N) is 3. The Morgan fingerprint density at radius 1 is 1.77 bits per heavy atom. The lowest BCUT2D eigenvalue weighted by Gasteiger charge is -1.99. The van der Waals surface area contributed by atoms with E-state index >= 15 is 0 Å². The molecule has 0 amide bonds. The van der Waals surface area contributed by atoms with Crippen LogP contribution in [0.2, 0.25) is 0 Å². The molecule has 0 atom stereocenters. The molecule has 0 bridgehead atoms. The van der Waals surface area contributed by atoms with Gasteiger partial charge in [-0.2, -0.15) is 0 Å². The Morgan fingerprint density at radius 2 is 2.54 bits per heavy atom. The molecule has 0 spiro atoms. The molecule has 0 saturated carbocycles. The number of halogens is 1. The van der Waals surface area contributed by atoms with Gasteiger partial charge < -0.3 is 9.40 Å². The predicted molar refractivity (Wildman–Crippen MR) is 51.8 cm³/mol. The van der Waals surface area contributed by atoms with Crippen molar-refractivity contribution in [3.8, 4) is 0 Å². The van der Waals surface area contributed by atoms with Crippen LogP contribution >= 0.6 is 11.6 Å².